The zero-order chi connectivity index (χ0) is 16.1. The van der Waals surface area contributed by atoms with Gasteiger partial charge in [0.25, 0.3) is 0 Å². The van der Waals surface area contributed by atoms with Crippen LogP contribution < -0.4 is 4.74 Å². The monoisotopic (exact) mass is 315 g/mol. The summed E-state index contributed by atoms with van der Waals surface area (Å²) in [4.78, 5) is 14.7. The number of carbonyl (C=O) groups is 1. The van der Waals surface area contributed by atoms with Crippen molar-refractivity contribution in [2.45, 2.75) is 0 Å². The number of methoxy groups -OCH3 is 1. The molecule has 0 unspecified atom stereocenters. The maximum atomic E-state index is 12.8. The van der Waals surface area contributed by atoms with Gasteiger partial charge >= 0.3 is 0 Å². The van der Waals surface area contributed by atoms with Crippen molar-refractivity contribution in [2.75, 3.05) is 21.2 Å². The number of carbonyl (C=O) groups excluding carboxylic acids is 1. The molecular formula is C18H18ClNO2. The zero-order valence-corrected chi connectivity index (χ0v) is 13.6. The second-order valence-corrected chi connectivity index (χ2v) is 5.45. The van der Waals surface area contributed by atoms with Gasteiger partial charge in [-0.05, 0) is 29.8 Å². The Morgan fingerprint density at radius 2 is 1.73 bits per heavy atom. The predicted molar refractivity (Wildman–Crippen MR) is 90.4 cm³/mol. The van der Waals surface area contributed by atoms with E-state index in [2.05, 4.69) is 0 Å². The molecule has 4 heteroatoms. The largest absolute Gasteiger partial charge is 0.497 e. The molecule has 0 N–H and O–H groups in total. The van der Waals surface area contributed by atoms with Crippen LogP contribution in [0.4, 0.5) is 0 Å². The van der Waals surface area contributed by atoms with E-state index in [0.29, 0.717) is 16.2 Å². The molecule has 0 saturated carbocycles. The fourth-order valence-corrected chi connectivity index (χ4v) is 2.31. The van der Waals surface area contributed by atoms with Crippen LogP contribution >= 0.6 is 11.6 Å². The highest BCUT2D eigenvalue weighted by Crippen LogP contribution is 2.26. The van der Waals surface area contributed by atoms with Gasteiger partial charge in [-0.15, -0.1) is 0 Å². The van der Waals surface area contributed by atoms with E-state index in [-0.39, 0.29) is 5.78 Å². The molecule has 0 radical (unpaired) electrons. The first-order chi connectivity index (χ1) is 10.5. The van der Waals surface area contributed by atoms with Gasteiger partial charge in [0.05, 0.1) is 12.1 Å². The van der Waals surface area contributed by atoms with E-state index in [4.69, 9.17) is 16.3 Å². The Bertz CT molecular complexity index is 690. The van der Waals surface area contributed by atoms with Gasteiger partial charge < -0.3 is 9.64 Å². The third-order valence-corrected chi connectivity index (χ3v) is 3.48. The van der Waals surface area contributed by atoms with Crippen LogP contribution in [0.15, 0.2) is 54.7 Å². The maximum Gasteiger partial charge on any atom is 0.196 e. The molecule has 0 aliphatic heterocycles. The molecule has 0 saturated heterocycles. The van der Waals surface area contributed by atoms with Gasteiger partial charge in [-0.3, -0.25) is 4.79 Å². The Morgan fingerprint density at radius 1 is 1.09 bits per heavy atom. The zero-order valence-electron chi connectivity index (χ0n) is 12.8. The predicted octanol–water partition coefficient (Wildman–Crippen LogP) is 4.13. The van der Waals surface area contributed by atoms with E-state index >= 15 is 0 Å². The lowest BCUT2D eigenvalue weighted by Crippen LogP contribution is -2.09. The molecule has 0 atom stereocenters. The van der Waals surface area contributed by atoms with E-state index in [1.807, 2.05) is 49.3 Å². The molecule has 3 nitrogen and oxygen atoms in total. The number of hydrogen-bond acceptors (Lipinski definition) is 3. The van der Waals surface area contributed by atoms with Crippen LogP contribution in [0.1, 0.15) is 15.9 Å². The first-order valence-electron chi connectivity index (χ1n) is 6.85. The Labute approximate surface area is 135 Å². The second kappa shape index (κ2) is 7.14. The molecule has 0 heterocycles. The standard InChI is InChI=1S/C18H18ClNO2/c1-20(2)12-16(13-8-10-14(22-3)11-9-13)18(21)15-6-4-5-7-17(15)19/h4-12H,1-3H3. The number of ketones is 1. The molecule has 2 aromatic rings. The average molecular weight is 316 g/mol. The van der Waals surface area contributed by atoms with Crippen molar-refractivity contribution in [3.8, 4) is 5.75 Å². The van der Waals surface area contributed by atoms with E-state index in [0.717, 1.165) is 11.3 Å². The minimum absolute atomic E-state index is 0.107. The lowest BCUT2D eigenvalue weighted by Gasteiger charge is -2.13. The summed E-state index contributed by atoms with van der Waals surface area (Å²) >= 11 is 6.15. The van der Waals surface area contributed by atoms with Crippen molar-refractivity contribution in [3.63, 3.8) is 0 Å². The summed E-state index contributed by atoms with van der Waals surface area (Å²) in [7, 11) is 5.37. The summed E-state index contributed by atoms with van der Waals surface area (Å²) < 4.78 is 5.16. The van der Waals surface area contributed by atoms with Crippen molar-refractivity contribution in [1.82, 2.24) is 4.90 Å². The molecule has 0 aliphatic rings. The van der Waals surface area contributed by atoms with Gasteiger partial charge in [-0.25, -0.2) is 0 Å². The number of benzene rings is 2. The maximum absolute atomic E-state index is 12.8. The van der Waals surface area contributed by atoms with Crippen LogP contribution in [0.3, 0.4) is 0 Å². The molecule has 0 amide bonds. The molecule has 2 rings (SSSR count). The summed E-state index contributed by atoms with van der Waals surface area (Å²) in [6.07, 6.45) is 1.80. The molecule has 0 fully saturated rings. The van der Waals surface area contributed by atoms with Gasteiger partial charge in [0.2, 0.25) is 0 Å². The van der Waals surface area contributed by atoms with Crippen molar-refractivity contribution < 1.29 is 9.53 Å². The first kappa shape index (κ1) is 16.1. The number of ether oxygens (including phenoxy) is 1. The summed E-state index contributed by atoms with van der Waals surface area (Å²) in [5.74, 6) is 0.641. The molecular weight excluding hydrogens is 298 g/mol. The highest BCUT2D eigenvalue weighted by atomic mass is 35.5. The lowest BCUT2D eigenvalue weighted by molar-refractivity contribution is 0.105. The molecule has 114 valence electrons. The van der Waals surface area contributed by atoms with Crippen molar-refractivity contribution in [3.05, 3.63) is 70.9 Å². The summed E-state index contributed by atoms with van der Waals surface area (Å²) in [6.45, 7) is 0. The highest BCUT2D eigenvalue weighted by Gasteiger charge is 2.17. The Hall–Kier alpha value is -2.26. The number of rotatable bonds is 5. The molecule has 0 aromatic heterocycles. The van der Waals surface area contributed by atoms with Crippen LogP contribution in [0, 0.1) is 0 Å². The number of Topliss-reactive ketones (excluding diaryl/α,β-unsaturated/α-hetero) is 1. The molecule has 2 aromatic carbocycles. The highest BCUT2D eigenvalue weighted by molar-refractivity contribution is 6.39. The van der Waals surface area contributed by atoms with E-state index < -0.39 is 0 Å². The van der Waals surface area contributed by atoms with Crippen molar-refractivity contribution >= 4 is 23.0 Å². The third-order valence-electron chi connectivity index (χ3n) is 3.15. The van der Waals surface area contributed by atoms with Gasteiger partial charge in [0, 0.05) is 31.4 Å². The van der Waals surface area contributed by atoms with Crippen molar-refractivity contribution in [2.24, 2.45) is 0 Å². The minimum Gasteiger partial charge on any atom is -0.497 e. The average Bonchev–Trinajstić information content (AvgIpc) is 2.52. The second-order valence-electron chi connectivity index (χ2n) is 5.04. The SMILES string of the molecule is COc1ccc(C(=CN(C)C)C(=O)c2ccccc2Cl)cc1. The van der Waals surface area contributed by atoms with E-state index in [9.17, 15) is 4.79 Å². The van der Waals surface area contributed by atoms with Gasteiger partial charge in [-0.2, -0.15) is 0 Å². The normalized spacial score (nSPS) is 11.2. The first-order valence-corrected chi connectivity index (χ1v) is 7.22. The smallest absolute Gasteiger partial charge is 0.196 e. The molecule has 0 bridgehead atoms. The van der Waals surface area contributed by atoms with Gasteiger partial charge in [0.15, 0.2) is 5.78 Å². The van der Waals surface area contributed by atoms with E-state index in [1.54, 1.807) is 31.5 Å². The van der Waals surface area contributed by atoms with Crippen LogP contribution in [-0.4, -0.2) is 31.9 Å². The molecule has 0 spiro atoms. The number of allylic oxidation sites excluding steroid dienone is 1. The van der Waals surface area contributed by atoms with Crippen LogP contribution in [0.2, 0.25) is 5.02 Å². The van der Waals surface area contributed by atoms with Gasteiger partial charge in [-0.1, -0.05) is 35.9 Å². The topological polar surface area (TPSA) is 29.5 Å². The van der Waals surface area contributed by atoms with Crippen molar-refractivity contribution in [1.29, 1.82) is 0 Å². The third kappa shape index (κ3) is 3.68. The number of hydrogen-bond donors (Lipinski definition) is 0. The minimum atomic E-state index is -0.107. The lowest BCUT2D eigenvalue weighted by atomic mass is 9.97. The Kier molecular flexibility index (Phi) is 5.23. The molecule has 22 heavy (non-hydrogen) atoms. The Morgan fingerprint density at radius 3 is 2.27 bits per heavy atom. The van der Waals surface area contributed by atoms with E-state index in [1.165, 1.54) is 0 Å². The van der Waals surface area contributed by atoms with Gasteiger partial charge in [0.1, 0.15) is 5.75 Å². The fourth-order valence-electron chi connectivity index (χ4n) is 2.08. The summed E-state index contributed by atoms with van der Waals surface area (Å²) in [5.41, 5.74) is 1.90. The van der Waals surface area contributed by atoms with Crippen LogP contribution in [0.25, 0.3) is 5.57 Å². The van der Waals surface area contributed by atoms with Crippen LogP contribution in [-0.2, 0) is 0 Å². The summed E-state index contributed by atoms with van der Waals surface area (Å²) in [6, 6.07) is 14.5. The number of halogens is 1. The quantitative estimate of drug-likeness (QED) is 0.613. The fraction of sp³-hybridized carbons (Fsp3) is 0.167. The Balaban J connectivity index is 2.46. The molecule has 0 aliphatic carbocycles. The summed E-state index contributed by atoms with van der Waals surface area (Å²) in [5, 5.41) is 0.450. The van der Waals surface area contributed by atoms with Crippen LogP contribution in [0.5, 0.6) is 5.75 Å². The number of nitrogens with zero attached hydrogens (tertiary/aromatic N) is 1.